The molecule has 0 aromatic carbocycles. The molecule has 0 aliphatic carbocycles. The molecule has 1 aliphatic heterocycles. The Kier molecular flexibility index (Phi) is 3.34. The molecule has 2 heterocycles. The summed E-state index contributed by atoms with van der Waals surface area (Å²) in [6.45, 7) is 1.92. The molecule has 1 amide bonds. The van der Waals surface area contributed by atoms with E-state index < -0.39 is 0 Å². The molecule has 0 unspecified atom stereocenters. The number of amides is 1. The van der Waals surface area contributed by atoms with Crippen LogP contribution in [0, 0.1) is 5.92 Å². The molecule has 15 heavy (non-hydrogen) atoms. The fraction of sp³-hybridized carbons (Fsp3) is 0.600. The number of H-pyrrole nitrogens is 1. The van der Waals surface area contributed by atoms with Crippen LogP contribution in [0.3, 0.4) is 0 Å². The number of nitrogens with one attached hydrogen (secondary N) is 2. The molecule has 0 radical (unpaired) electrons. The van der Waals surface area contributed by atoms with Gasteiger partial charge in [-0.25, -0.2) is 4.98 Å². The zero-order chi connectivity index (χ0) is 10.5. The summed E-state index contributed by atoms with van der Waals surface area (Å²) in [5, 5.41) is 2.89. The summed E-state index contributed by atoms with van der Waals surface area (Å²) in [7, 11) is 0. The van der Waals surface area contributed by atoms with Crippen LogP contribution in [0.4, 0.5) is 0 Å². The minimum Gasteiger partial charge on any atom is -0.381 e. The Labute approximate surface area is 88.2 Å². The molecular weight excluding hydrogens is 194 g/mol. The van der Waals surface area contributed by atoms with Gasteiger partial charge in [0.2, 0.25) is 5.91 Å². The predicted molar refractivity (Wildman–Crippen MR) is 54.0 cm³/mol. The molecule has 1 aliphatic rings. The highest BCUT2D eigenvalue weighted by Crippen LogP contribution is 2.14. The molecule has 2 N–H and O–H groups in total. The number of hydrogen-bond donors (Lipinski definition) is 2. The molecule has 0 atom stereocenters. The van der Waals surface area contributed by atoms with Crippen molar-refractivity contribution in [2.75, 3.05) is 13.2 Å². The maximum Gasteiger partial charge on any atom is 0.223 e. The van der Waals surface area contributed by atoms with Crippen molar-refractivity contribution in [1.29, 1.82) is 0 Å². The van der Waals surface area contributed by atoms with Crippen LogP contribution in [-0.4, -0.2) is 29.1 Å². The van der Waals surface area contributed by atoms with Crippen LogP contribution in [0.15, 0.2) is 12.5 Å². The van der Waals surface area contributed by atoms with Crippen LogP contribution >= 0.6 is 0 Å². The van der Waals surface area contributed by atoms with E-state index in [1.165, 1.54) is 0 Å². The molecule has 0 bridgehead atoms. The maximum absolute atomic E-state index is 11.7. The normalized spacial score (nSPS) is 17.6. The molecular formula is C10H15N3O2. The lowest BCUT2D eigenvalue weighted by molar-refractivity contribution is -0.128. The van der Waals surface area contributed by atoms with Gasteiger partial charge in [0, 0.05) is 25.3 Å². The number of aromatic amines is 1. The molecule has 1 aromatic rings. The first-order chi connectivity index (χ1) is 7.36. The summed E-state index contributed by atoms with van der Waals surface area (Å²) in [6, 6.07) is 0. The highest BCUT2D eigenvalue weighted by Gasteiger charge is 2.20. The maximum atomic E-state index is 11.7. The molecule has 2 rings (SSSR count). The molecule has 1 aromatic heterocycles. The van der Waals surface area contributed by atoms with Gasteiger partial charge in [0.1, 0.15) is 0 Å². The second-order valence-electron chi connectivity index (χ2n) is 3.68. The third kappa shape index (κ3) is 2.79. The first-order valence-corrected chi connectivity index (χ1v) is 5.19. The second kappa shape index (κ2) is 4.93. The lowest BCUT2D eigenvalue weighted by Gasteiger charge is -2.20. The largest absolute Gasteiger partial charge is 0.381 e. The molecule has 0 saturated carbocycles. The van der Waals surface area contributed by atoms with Crippen LogP contribution in [0.2, 0.25) is 0 Å². The molecule has 5 heteroatoms. The van der Waals surface area contributed by atoms with E-state index in [1.807, 2.05) is 0 Å². The third-order valence-electron chi connectivity index (χ3n) is 2.60. The fourth-order valence-electron chi connectivity index (χ4n) is 1.67. The average Bonchev–Trinajstić information content (AvgIpc) is 2.80. The fourth-order valence-corrected chi connectivity index (χ4v) is 1.67. The van der Waals surface area contributed by atoms with Crippen LogP contribution in [-0.2, 0) is 16.1 Å². The van der Waals surface area contributed by atoms with Crippen LogP contribution < -0.4 is 5.32 Å². The van der Waals surface area contributed by atoms with Gasteiger partial charge in [-0.15, -0.1) is 0 Å². The average molecular weight is 209 g/mol. The highest BCUT2D eigenvalue weighted by molar-refractivity contribution is 5.78. The monoisotopic (exact) mass is 209 g/mol. The smallest absolute Gasteiger partial charge is 0.223 e. The number of carbonyl (C=O) groups excluding carboxylic acids is 1. The number of aromatic nitrogens is 2. The summed E-state index contributed by atoms with van der Waals surface area (Å²) < 4.78 is 5.20. The van der Waals surface area contributed by atoms with Crippen molar-refractivity contribution >= 4 is 5.91 Å². The Morgan fingerprint density at radius 1 is 1.60 bits per heavy atom. The van der Waals surface area contributed by atoms with Gasteiger partial charge in [-0.1, -0.05) is 0 Å². The van der Waals surface area contributed by atoms with Crippen LogP contribution in [0.5, 0.6) is 0 Å². The minimum atomic E-state index is 0.113. The Bertz CT molecular complexity index is 304. The van der Waals surface area contributed by atoms with Crippen LogP contribution in [0.1, 0.15) is 18.5 Å². The van der Waals surface area contributed by atoms with Gasteiger partial charge in [0.05, 0.1) is 18.6 Å². The summed E-state index contributed by atoms with van der Waals surface area (Å²) in [5.41, 5.74) is 0.926. The number of hydrogen-bond acceptors (Lipinski definition) is 3. The zero-order valence-electron chi connectivity index (χ0n) is 8.53. The molecule has 1 fully saturated rings. The predicted octanol–water partition coefficient (Wildman–Crippen LogP) is 0.452. The quantitative estimate of drug-likeness (QED) is 0.759. The Hall–Kier alpha value is -1.36. The van der Waals surface area contributed by atoms with Gasteiger partial charge in [-0.2, -0.15) is 0 Å². The van der Waals surface area contributed by atoms with Crippen molar-refractivity contribution < 1.29 is 9.53 Å². The number of carbonyl (C=O) groups is 1. The van der Waals surface area contributed by atoms with Gasteiger partial charge in [0.25, 0.3) is 0 Å². The highest BCUT2D eigenvalue weighted by atomic mass is 16.5. The Morgan fingerprint density at radius 3 is 3.07 bits per heavy atom. The summed E-state index contributed by atoms with van der Waals surface area (Å²) in [5.74, 6) is 0.231. The molecule has 5 nitrogen and oxygen atoms in total. The van der Waals surface area contributed by atoms with Gasteiger partial charge in [-0.05, 0) is 12.8 Å². The first-order valence-electron chi connectivity index (χ1n) is 5.19. The van der Waals surface area contributed by atoms with Crippen molar-refractivity contribution in [1.82, 2.24) is 15.3 Å². The zero-order valence-corrected chi connectivity index (χ0v) is 8.53. The Morgan fingerprint density at radius 2 is 2.40 bits per heavy atom. The van der Waals surface area contributed by atoms with Crippen molar-refractivity contribution in [2.24, 2.45) is 5.92 Å². The van der Waals surface area contributed by atoms with Crippen molar-refractivity contribution in [3.05, 3.63) is 18.2 Å². The number of rotatable bonds is 3. The standard InChI is InChI=1S/C10H15N3O2/c14-10(8-1-3-15-4-2-8)12-6-9-5-11-7-13-9/h5,7-8H,1-4,6H2,(H,11,13)(H,12,14). The van der Waals surface area contributed by atoms with E-state index >= 15 is 0 Å². The first kappa shape index (κ1) is 10.2. The topological polar surface area (TPSA) is 67.0 Å². The van der Waals surface area contributed by atoms with Crippen molar-refractivity contribution in [3.8, 4) is 0 Å². The molecule has 0 spiro atoms. The van der Waals surface area contributed by atoms with E-state index in [9.17, 15) is 4.79 Å². The van der Waals surface area contributed by atoms with E-state index in [1.54, 1.807) is 12.5 Å². The van der Waals surface area contributed by atoms with Gasteiger partial charge in [0.15, 0.2) is 0 Å². The number of nitrogens with zero attached hydrogens (tertiary/aromatic N) is 1. The number of ether oxygens (including phenoxy) is 1. The summed E-state index contributed by atoms with van der Waals surface area (Å²) in [4.78, 5) is 18.5. The lowest BCUT2D eigenvalue weighted by Crippen LogP contribution is -2.33. The van der Waals surface area contributed by atoms with E-state index in [4.69, 9.17) is 4.74 Å². The number of imidazole rings is 1. The van der Waals surface area contributed by atoms with Crippen molar-refractivity contribution in [3.63, 3.8) is 0 Å². The van der Waals surface area contributed by atoms with E-state index in [0.29, 0.717) is 19.8 Å². The van der Waals surface area contributed by atoms with Crippen LogP contribution in [0.25, 0.3) is 0 Å². The lowest BCUT2D eigenvalue weighted by atomic mass is 9.99. The Balaban J connectivity index is 1.76. The molecule has 82 valence electrons. The second-order valence-corrected chi connectivity index (χ2v) is 3.68. The summed E-state index contributed by atoms with van der Waals surface area (Å²) >= 11 is 0. The summed E-state index contributed by atoms with van der Waals surface area (Å²) in [6.07, 6.45) is 4.98. The third-order valence-corrected chi connectivity index (χ3v) is 2.60. The van der Waals surface area contributed by atoms with E-state index in [2.05, 4.69) is 15.3 Å². The van der Waals surface area contributed by atoms with E-state index in [0.717, 1.165) is 18.5 Å². The van der Waals surface area contributed by atoms with Gasteiger partial charge in [-0.3, -0.25) is 4.79 Å². The van der Waals surface area contributed by atoms with Gasteiger partial charge < -0.3 is 15.0 Å². The molecule has 1 saturated heterocycles. The minimum absolute atomic E-state index is 0.113. The van der Waals surface area contributed by atoms with Crippen molar-refractivity contribution in [2.45, 2.75) is 19.4 Å². The van der Waals surface area contributed by atoms with E-state index in [-0.39, 0.29) is 11.8 Å². The van der Waals surface area contributed by atoms with Gasteiger partial charge >= 0.3 is 0 Å². The SMILES string of the molecule is O=C(NCc1cnc[nH]1)C1CCOCC1.